The molecule has 0 radical (unpaired) electrons. The summed E-state index contributed by atoms with van der Waals surface area (Å²) in [7, 11) is 0. The Kier molecular flexibility index (Phi) is 25.5. The van der Waals surface area contributed by atoms with Gasteiger partial charge in [-0.1, -0.05) is 38.1 Å². The van der Waals surface area contributed by atoms with E-state index in [1.54, 1.807) is 13.8 Å². The lowest BCUT2D eigenvalue weighted by Crippen LogP contribution is -2.60. The molecule has 3 aromatic rings. The first-order chi connectivity index (χ1) is 35.9. The van der Waals surface area contributed by atoms with Crippen LogP contribution in [0.2, 0.25) is 0 Å². The summed E-state index contributed by atoms with van der Waals surface area (Å²) < 4.78 is 0. The molecule has 0 saturated heterocycles. The van der Waals surface area contributed by atoms with Gasteiger partial charge in [0, 0.05) is 42.7 Å². The molecule has 1 aromatic heterocycles. The zero-order valence-electron chi connectivity index (χ0n) is 41.2. The van der Waals surface area contributed by atoms with Crippen molar-refractivity contribution in [3.8, 4) is 11.5 Å². The molecule has 0 aliphatic heterocycles. The van der Waals surface area contributed by atoms with Crippen molar-refractivity contribution in [3.63, 3.8) is 0 Å². The number of phenolic OH excluding ortho intramolecular Hbond substituents is 2. The Bertz CT molecular complexity index is 2500. The summed E-state index contributed by atoms with van der Waals surface area (Å²) in [5.74, 6) is -13.3. The fourth-order valence-electron chi connectivity index (χ4n) is 7.06. The van der Waals surface area contributed by atoms with Crippen molar-refractivity contribution in [1.82, 2.24) is 52.5 Å². The van der Waals surface area contributed by atoms with Crippen LogP contribution in [-0.4, -0.2) is 167 Å². The number of amides is 8. The van der Waals surface area contributed by atoms with Crippen molar-refractivity contribution in [2.24, 2.45) is 11.7 Å². The molecule has 0 saturated carbocycles. The summed E-state index contributed by atoms with van der Waals surface area (Å²) >= 11 is 8.23. The van der Waals surface area contributed by atoms with Crippen LogP contribution >= 0.6 is 25.3 Å². The maximum absolute atomic E-state index is 13.9. The van der Waals surface area contributed by atoms with Gasteiger partial charge in [0.05, 0.1) is 25.3 Å². The third-order valence-electron chi connectivity index (χ3n) is 11.0. The molecule has 1 heterocycles. The number of rotatable bonds is 32. The van der Waals surface area contributed by atoms with Gasteiger partial charge >= 0.3 is 17.9 Å². The normalized spacial score (nSPS) is 14.1. The molecule has 76 heavy (non-hydrogen) atoms. The second kappa shape index (κ2) is 31.1. The molecule has 3 rings (SSSR count). The first-order valence-electron chi connectivity index (χ1n) is 23.4. The summed E-state index contributed by atoms with van der Waals surface area (Å²) in [5.41, 5.74) is 7.35. The third-order valence-corrected chi connectivity index (χ3v) is 11.8. The fourth-order valence-corrected chi connectivity index (χ4v) is 7.57. The monoisotopic (exact) mass is 1100 g/mol. The molecular weight excluding hydrogens is 1040 g/mol. The van der Waals surface area contributed by atoms with Crippen LogP contribution in [0, 0.1) is 5.92 Å². The van der Waals surface area contributed by atoms with E-state index in [0.717, 1.165) is 0 Å². The average Bonchev–Trinajstić information content (AvgIpc) is 3.88. The molecule has 8 atom stereocenters. The molecular formula is C47H63N11O16S2. The van der Waals surface area contributed by atoms with Crippen molar-refractivity contribution in [2.45, 2.75) is 107 Å². The summed E-state index contributed by atoms with van der Waals surface area (Å²) in [6.45, 7) is 2.67. The fraction of sp³-hybridized carbons (Fsp3) is 0.447. The topological polar surface area (TPSA) is 440 Å². The predicted octanol–water partition coefficient (Wildman–Crippen LogP) is -2.98. The third kappa shape index (κ3) is 21.9. The van der Waals surface area contributed by atoms with Crippen molar-refractivity contribution < 1.29 is 78.3 Å². The minimum atomic E-state index is -1.92. The van der Waals surface area contributed by atoms with Crippen LogP contribution in [0.5, 0.6) is 11.5 Å². The van der Waals surface area contributed by atoms with E-state index in [4.69, 9.17) is 5.73 Å². The highest BCUT2D eigenvalue weighted by Gasteiger charge is 2.34. The van der Waals surface area contributed by atoms with Crippen LogP contribution in [-0.2, 0) is 72.0 Å². The lowest BCUT2D eigenvalue weighted by Gasteiger charge is -2.26. The van der Waals surface area contributed by atoms with Crippen molar-refractivity contribution in [2.75, 3.05) is 18.1 Å². The van der Waals surface area contributed by atoms with Gasteiger partial charge in [-0.25, -0.2) is 9.78 Å². The second-order valence-electron chi connectivity index (χ2n) is 17.7. The van der Waals surface area contributed by atoms with Gasteiger partial charge in [0.2, 0.25) is 47.3 Å². The summed E-state index contributed by atoms with van der Waals surface area (Å²) in [6, 6.07) is -0.624. The molecule has 0 unspecified atom stereocenters. The highest BCUT2D eigenvalue weighted by molar-refractivity contribution is 7.80. The van der Waals surface area contributed by atoms with E-state index in [-0.39, 0.29) is 60.3 Å². The second-order valence-corrected chi connectivity index (χ2v) is 18.4. The van der Waals surface area contributed by atoms with Gasteiger partial charge in [0.25, 0.3) is 0 Å². The maximum atomic E-state index is 13.9. The maximum Gasteiger partial charge on any atom is 0.326 e. The molecule has 2 aromatic carbocycles. The van der Waals surface area contributed by atoms with Gasteiger partial charge in [-0.3, -0.25) is 47.9 Å². The van der Waals surface area contributed by atoms with E-state index < -0.39 is 139 Å². The number of benzene rings is 2. The molecule has 414 valence electrons. The quantitative estimate of drug-likeness (QED) is 0.0277. The Morgan fingerprint density at radius 1 is 0.566 bits per heavy atom. The number of thiol groups is 2. The molecule has 0 bridgehead atoms. The summed E-state index contributed by atoms with van der Waals surface area (Å²) in [5, 5.41) is 66.8. The molecule has 0 aliphatic carbocycles. The van der Waals surface area contributed by atoms with Gasteiger partial charge in [0.1, 0.15) is 53.8 Å². The number of carboxylic acid groups (broad SMARTS) is 3. The Morgan fingerprint density at radius 3 is 1.54 bits per heavy atom. The Morgan fingerprint density at radius 2 is 1.04 bits per heavy atom. The van der Waals surface area contributed by atoms with E-state index >= 15 is 0 Å². The molecule has 0 spiro atoms. The van der Waals surface area contributed by atoms with Gasteiger partial charge in [-0.2, -0.15) is 25.3 Å². The average molecular weight is 1100 g/mol. The smallest absolute Gasteiger partial charge is 0.326 e. The number of phenols is 2. The lowest BCUT2D eigenvalue weighted by molar-refractivity contribution is -0.142. The van der Waals surface area contributed by atoms with Crippen LogP contribution in [0.3, 0.4) is 0 Å². The number of carboxylic acids is 3. The molecule has 0 fully saturated rings. The number of carbonyl (C=O) groups excluding carboxylic acids is 8. The minimum absolute atomic E-state index is 0.00959. The summed E-state index contributed by atoms with van der Waals surface area (Å²) in [4.78, 5) is 150. The highest BCUT2D eigenvalue weighted by Crippen LogP contribution is 2.14. The number of hydrogen-bond donors (Lipinski definition) is 17. The minimum Gasteiger partial charge on any atom is -0.508 e. The molecule has 16 N–H and O–H groups in total. The van der Waals surface area contributed by atoms with Crippen LogP contribution in [0.1, 0.15) is 56.4 Å². The SMILES string of the molecule is CC(C)C[C@H](NC(=O)CNC(=O)[C@H](Cc1cnc[nH]1)NC(=O)[C@H](CCC(=O)O)NC(=O)[C@H](CC(=O)O)NC(=O)[C@H](CS)NC(=O)[C@@H](N)Cc1ccc(O)cc1)C(=O)N[C@@H](CS)C(=O)N[C@@H](Cc1ccc(O)cc1)C(=O)O. The van der Waals surface area contributed by atoms with Gasteiger partial charge in [-0.05, 0) is 60.6 Å². The van der Waals surface area contributed by atoms with Gasteiger partial charge in [0.15, 0.2) is 0 Å². The number of aromatic amines is 1. The Balaban J connectivity index is 1.73. The predicted molar refractivity (Wildman–Crippen MR) is 274 cm³/mol. The number of hydrogen-bond acceptors (Lipinski definition) is 17. The first kappa shape index (κ1) is 62.4. The van der Waals surface area contributed by atoms with E-state index in [2.05, 4.69) is 77.8 Å². The Hall–Kier alpha value is -7.92. The number of nitrogens with one attached hydrogen (secondary N) is 9. The number of nitrogens with two attached hydrogens (primary N) is 1. The molecule has 29 heteroatoms. The number of imidazole rings is 1. The zero-order chi connectivity index (χ0) is 56.6. The van der Waals surface area contributed by atoms with E-state index in [0.29, 0.717) is 11.1 Å². The van der Waals surface area contributed by atoms with Gasteiger partial charge in [-0.15, -0.1) is 0 Å². The number of carbonyl (C=O) groups is 11. The van der Waals surface area contributed by atoms with Crippen LogP contribution in [0.25, 0.3) is 0 Å². The standard InChI is InChI=1S/C47H63N11O16S2/c1-23(2)13-31(43(69)58-36(21-76)46(72)56-34(47(73)74)15-25-5-9-28(60)10-6-25)52-37(61)19-50-41(67)32(16-26-18-49-22-51-26)54-42(68)30(11-12-38(62)63)53-44(70)33(17-39(64)65)55-45(71)35(20-75)57-40(66)29(48)14-24-3-7-27(59)8-4-24/h3-10,18,22-23,29-36,59-60,75-76H,11-17,19-21,48H2,1-2H3,(H,49,51)(H,50,67)(H,52,61)(H,53,70)(H,54,68)(H,55,71)(H,56,72)(H,57,66)(H,58,69)(H,62,63)(H,64,65)(H,73,74)/t29-,30-,31-,32-,33-,34-,35-,36-/m0/s1. The number of nitrogens with zero attached hydrogens (tertiary/aromatic N) is 1. The molecule has 27 nitrogen and oxygen atoms in total. The largest absolute Gasteiger partial charge is 0.508 e. The number of H-pyrrole nitrogens is 1. The zero-order valence-corrected chi connectivity index (χ0v) is 43.0. The van der Waals surface area contributed by atoms with E-state index in [1.807, 2.05) is 0 Å². The summed E-state index contributed by atoms with van der Waals surface area (Å²) in [6.07, 6.45) is -0.339. The molecule has 0 aliphatic rings. The highest BCUT2D eigenvalue weighted by atomic mass is 32.1. The van der Waals surface area contributed by atoms with Crippen molar-refractivity contribution in [3.05, 3.63) is 77.9 Å². The Labute approximate surface area is 445 Å². The lowest BCUT2D eigenvalue weighted by atomic mass is 10.0. The van der Waals surface area contributed by atoms with Crippen molar-refractivity contribution >= 4 is 90.4 Å². The van der Waals surface area contributed by atoms with Gasteiger partial charge < -0.3 is 78.8 Å². The molecule has 8 amide bonds. The number of aromatic nitrogens is 2. The number of aliphatic carboxylic acids is 3. The van der Waals surface area contributed by atoms with Crippen LogP contribution in [0.15, 0.2) is 61.1 Å². The van der Waals surface area contributed by atoms with Crippen LogP contribution < -0.4 is 48.3 Å². The first-order valence-corrected chi connectivity index (χ1v) is 24.7. The van der Waals surface area contributed by atoms with E-state index in [9.17, 15) is 78.3 Å². The number of aromatic hydroxyl groups is 2. The van der Waals surface area contributed by atoms with Crippen molar-refractivity contribution in [1.29, 1.82) is 0 Å². The van der Waals surface area contributed by atoms with Crippen LogP contribution in [0.4, 0.5) is 0 Å². The van der Waals surface area contributed by atoms with E-state index in [1.165, 1.54) is 61.1 Å².